The Kier molecular flexibility index (Phi) is 6.23. The molecule has 1 saturated heterocycles. The third-order valence-corrected chi connectivity index (χ3v) is 5.89. The van der Waals surface area contributed by atoms with Gasteiger partial charge >= 0.3 is 5.97 Å². The highest BCUT2D eigenvalue weighted by atomic mass is 32.2. The van der Waals surface area contributed by atoms with Crippen molar-refractivity contribution in [3.05, 3.63) is 4.88 Å². The number of nitrogens with two attached hydrogens (primary N) is 1. The summed E-state index contributed by atoms with van der Waals surface area (Å²) < 4.78 is 5.12. The number of esters is 1. The van der Waals surface area contributed by atoms with Gasteiger partial charge in [0.1, 0.15) is 9.88 Å². The summed E-state index contributed by atoms with van der Waals surface area (Å²) in [7, 11) is 0. The summed E-state index contributed by atoms with van der Waals surface area (Å²) in [5.41, 5.74) is 6.77. The number of thiophene rings is 1. The summed E-state index contributed by atoms with van der Waals surface area (Å²) >= 11 is 3.11. The van der Waals surface area contributed by atoms with Gasteiger partial charge in [0.15, 0.2) is 0 Å². The summed E-state index contributed by atoms with van der Waals surface area (Å²) in [6, 6.07) is 0. The Hall–Kier alpha value is -0.880. The number of thioether (sulfide) groups is 1. The number of carbonyl (C=O) groups is 1. The van der Waals surface area contributed by atoms with E-state index in [1.54, 1.807) is 11.8 Å². The van der Waals surface area contributed by atoms with Crippen molar-refractivity contribution in [2.75, 3.05) is 36.6 Å². The molecule has 0 saturated carbocycles. The van der Waals surface area contributed by atoms with Gasteiger partial charge in [0.05, 0.1) is 17.2 Å². The van der Waals surface area contributed by atoms with Crippen LogP contribution in [0.15, 0.2) is 4.90 Å². The first kappa shape index (κ1) is 16.5. The van der Waals surface area contributed by atoms with E-state index in [1.807, 2.05) is 13.2 Å². The highest BCUT2D eigenvalue weighted by Crippen LogP contribution is 2.44. The van der Waals surface area contributed by atoms with E-state index in [2.05, 4.69) is 4.90 Å². The molecule has 0 aliphatic carbocycles. The Balaban J connectivity index is 2.28. The van der Waals surface area contributed by atoms with E-state index < -0.39 is 0 Å². The maximum Gasteiger partial charge on any atom is 0.350 e. The zero-order chi connectivity index (χ0) is 15.2. The van der Waals surface area contributed by atoms with Gasteiger partial charge in [-0.1, -0.05) is 19.3 Å². The van der Waals surface area contributed by atoms with Gasteiger partial charge in [0, 0.05) is 13.1 Å². The van der Waals surface area contributed by atoms with Crippen LogP contribution in [0.3, 0.4) is 0 Å². The van der Waals surface area contributed by atoms with E-state index in [4.69, 9.17) is 10.5 Å². The molecule has 0 amide bonds. The third kappa shape index (κ3) is 3.86. The standard InChI is InChI=1S/C15H24N2O2S2/c1-3-19-15(18)13-11(16)12(20-2)14(21-13)17-9-7-5-4-6-8-10-17/h3-10,16H2,1-2H3. The number of hydrogen-bond donors (Lipinski definition) is 1. The van der Waals surface area contributed by atoms with Crippen LogP contribution in [0.4, 0.5) is 10.7 Å². The van der Waals surface area contributed by atoms with Crippen LogP contribution in [0.25, 0.3) is 0 Å². The minimum atomic E-state index is -0.298. The maximum absolute atomic E-state index is 12.0. The van der Waals surface area contributed by atoms with E-state index >= 15 is 0 Å². The van der Waals surface area contributed by atoms with Crippen LogP contribution in [0, 0.1) is 0 Å². The van der Waals surface area contributed by atoms with E-state index in [-0.39, 0.29) is 5.97 Å². The van der Waals surface area contributed by atoms with Gasteiger partial charge in [-0.25, -0.2) is 4.79 Å². The fourth-order valence-corrected chi connectivity index (χ4v) is 4.75. The quantitative estimate of drug-likeness (QED) is 0.669. The number of rotatable bonds is 4. The van der Waals surface area contributed by atoms with Crippen LogP contribution in [0.2, 0.25) is 0 Å². The van der Waals surface area contributed by atoms with Gasteiger partial charge in [0.2, 0.25) is 0 Å². The predicted octanol–water partition coefficient (Wildman–Crippen LogP) is 4.00. The van der Waals surface area contributed by atoms with Gasteiger partial charge in [-0.2, -0.15) is 0 Å². The Morgan fingerprint density at radius 2 is 1.90 bits per heavy atom. The van der Waals surface area contributed by atoms with Gasteiger partial charge in [-0.3, -0.25) is 0 Å². The Labute approximate surface area is 135 Å². The Morgan fingerprint density at radius 1 is 1.29 bits per heavy atom. The largest absolute Gasteiger partial charge is 0.462 e. The zero-order valence-corrected chi connectivity index (χ0v) is 14.4. The molecule has 2 N–H and O–H groups in total. The number of nitrogen functional groups attached to an aromatic ring is 1. The Bertz CT molecular complexity index is 480. The van der Waals surface area contributed by atoms with Gasteiger partial charge in [0.25, 0.3) is 0 Å². The lowest BCUT2D eigenvalue weighted by molar-refractivity contribution is 0.0533. The number of hydrogen-bond acceptors (Lipinski definition) is 6. The summed E-state index contributed by atoms with van der Waals surface area (Å²) in [5.74, 6) is -0.298. The van der Waals surface area contributed by atoms with Crippen LogP contribution in [-0.4, -0.2) is 31.9 Å². The number of anilines is 2. The average Bonchev–Trinajstić information content (AvgIpc) is 2.75. The highest BCUT2D eigenvalue weighted by Gasteiger charge is 2.24. The first-order chi connectivity index (χ1) is 10.2. The van der Waals surface area contributed by atoms with Crippen LogP contribution < -0.4 is 10.6 Å². The van der Waals surface area contributed by atoms with Gasteiger partial charge < -0.3 is 15.4 Å². The molecule has 118 valence electrons. The summed E-state index contributed by atoms with van der Waals surface area (Å²) in [6.45, 7) is 4.30. The predicted molar refractivity (Wildman–Crippen MR) is 91.8 cm³/mol. The lowest BCUT2D eigenvalue weighted by Crippen LogP contribution is -2.26. The maximum atomic E-state index is 12.0. The second kappa shape index (κ2) is 7.94. The van der Waals surface area contributed by atoms with Crippen molar-refractivity contribution < 1.29 is 9.53 Å². The fourth-order valence-electron chi connectivity index (χ4n) is 2.62. The molecule has 1 aromatic heterocycles. The molecule has 1 fully saturated rings. The van der Waals surface area contributed by atoms with Crippen LogP contribution in [0.5, 0.6) is 0 Å². The SMILES string of the molecule is CCOC(=O)c1sc(N2CCCCCCC2)c(SC)c1N. The first-order valence-electron chi connectivity index (χ1n) is 7.57. The molecular formula is C15H24N2O2S2. The molecule has 1 aliphatic rings. The monoisotopic (exact) mass is 328 g/mol. The number of nitrogens with zero attached hydrogens (tertiary/aromatic N) is 1. The lowest BCUT2D eigenvalue weighted by atomic mass is 10.1. The molecule has 1 aromatic rings. The first-order valence-corrected chi connectivity index (χ1v) is 9.61. The van der Waals surface area contributed by atoms with Crippen molar-refractivity contribution in [1.29, 1.82) is 0 Å². The van der Waals surface area contributed by atoms with Crippen molar-refractivity contribution >= 4 is 39.8 Å². The molecule has 0 bridgehead atoms. The molecule has 6 heteroatoms. The Morgan fingerprint density at radius 3 is 2.48 bits per heavy atom. The number of ether oxygens (including phenoxy) is 1. The topological polar surface area (TPSA) is 55.6 Å². The minimum absolute atomic E-state index is 0.298. The van der Waals surface area contributed by atoms with Crippen LogP contribution >= 0.6 is 23.1 Å². The molecule has 0 atom stereocenters. The van der Waals surface area contributed by atoms with Gasteiger partial charge in [-0.05, 0) is 26.0 Å². The smallest absolute Gasteiger partial charge is 0.350 e. The normalized spacial score (nSPS) is 16.4. The van der Waals surface area contributed by atoms with Gasteiger partial charge in [-0.15, -0.1) is 23.1 Å². The third-order valence-electron chi connectivity index (χ3n) is 3.69. The second-order valence-electron chi connectivity index (χ2n) is 5.16. The second-order valence-corrected chi connectivity index (χ2v) is 6.97. The molecule has 0 unspecified atom stereocenters. The number of carbonyl (C=O) groups excluding carboxylic acids is 1. The minimum Gasteiger partial charge on any atom is -0.462 e. The summed E-state index contributed by atoms with van der Waals surface area (Å²) in [6.07, 6.45) is 8.35. The van der Waals surface area contributed by atoms with E-state index in [1.165, 1.54) is 43.4 Å². The summed E-state index contributed by atoms with van der Waals surface area (Å²) in [5, 5.41) is 1.14. The van der Waals surface area contributed by atoms with Crippen molar-refractivity contribution in [2.45, 2.75) is 43.9 Å². The highest BCUT2D eigenvalue weighted by molar-refractivity contribution is 7.99. The average molecular weight is 329 g/mol. The molecule has 0 radical (unpaired) electrons. The molecule has 4 nitrogen and oxygen atoms in total. The van der Waals surface area contributed by atoms with Crippen molar-refractivity contribution in [3.63, 3.8) is 0 Å². The van der Waals surface area contributed by atoms with E-state index in [0.29, 0.717) is 17.2 Å². The lowest BCUT2D eigenvalue weighted by Gasteiger charge is -2.26. The molecule has 21 heavy (non-hydrogen) atoms. The van der Waals surface area contributed by atoms with Crippen molar-refractivity contribution in [3.8, 4) is 0 Å². The molecule has 2 rings (SSSR count). The van der Waals surface area contributed by atoms with Crippen molar-refractivity contribution in [1.82, 2.24) is 0 Å². The molecule has 0 aromatic carbocycles. The van der Waals surface area contributed by atoms with E-state index in [9.17, 15) is 4.79 Å². The fraction of sp³-hybridized carbons (Fsp3) is 0.667. The van der Waals surface area contributed by atoms with Crippen molar-refractivity contribution in [2.24, 2.45) is 0 Å². The molecular weight excluding hydrogens is 304 g/mol. The van der Waals surface area contributed by atoms with E-state index in [0.717, 1.165) is 23.0 Å². The van der Waals surface area contributed by atoms with Crippen LogP contribution in [0.1, 0.15) is 48.7 Å². The van der Waals surface area contributed by atoms with Crippen LogP contribution in [-0.2, 0) is 4.74 Å². The molecule has 2 heterocycles. The zero-order valence-electron chi connectivity index (χ0n) is 12.8. The molecule has 1 aliphatic heterocycles. The summed E-state index contributed by atoms with van der Waals surface area (Å²) in [4.78, 5) is 16.0. The molecule has 0 spiro atoms.